The van der Waals surface area contributed by atoms with Gasteiger partial charge in [-0.15, -0.1) is 0 Å². The lowest BCUT2D eigenvalue weighted by molar-refractivity contribution is -0.156. The molecule has 0 bridgehead atoms. The molecule has 0 saturated carbocycles. The summed E-state index contributed by atoms with van der Waals surface area (Å²) in [5, 5.41) is 13.5. The quantitative estimate of drug-likeness (QED) is 0.568. The zero-order valence-corrected chi connectivity index (χ0v) is 16.7. The van der Waals surface area contributed by atoms with Crippen LogP contribution in [-0.4, -0.2) is 47.1 Å². The van der Waals surface area contributed by atoms with Crippen molar-refractivity contribution < 1.29 is 33.4 Å². The molecular formula is C22H21NO7. The smallest absolute Gasteiger partial charge is 0.279 e. The summed E-state index contributed by atoms with van der Waals surface area (Å²) < 4.78 is 16.8. The topological polar surface area (TPSA) is 115 Å². The zero-order valence-electron chi connectivity index (χ0n) is 16.7. The lowest BCUT2D eigenvalue weighted by Crippen LogP contribution is -2.60. The highest BCUT2D eigenvalue weighted by Crippen LogP contribution is 2.45. The number of ketones is 2. The first-order valence-electron chi connectivity index (χ1n) is 9.51. The molecule has 2 N–H and O–H groups in total. The SMILES string of the molecule is CCc1ccc(C2=C(C)C(=O)[C@]3(O2)C(=O)N[C@@](OC)(C(=O)c2ccccc2)[C@@H]3O)o1. The van der Waals surface area contributed by atoms with E-state index in [0.29, 0.717) is 12.2 Å². The highest BCUT2D eigenvalue weighted by Gasteiger charge is 2.74. The van der Waals surface area contributed by atoms with Gasteiger partial charge in [0, 0.05) is 24.7 Å². The summed E-state index contributed by atoms with van der Waals surface area (Å²) in [7, 11) is 1.17. The average Bonchev–Trinajstić information content (AvgIpc) is 3.41. The first-order chi connectivity index (χ1) is 14.3. The lowest BCUT2D eigenvalue weighted by Gasteiger charge is -2.32. The van der Waals surface area contributed by atoms with Gasteiger partial charge in [-0.3, -0.25) is 14.4 Å². The molecule has 8 nitrogen and oxygen atoms in total. The summed E-state index contributed by atoms with van der Waals surface area (Å²) in [6, 6.07) is 11.4. The Morgan fingerprint density at radius 1 is 1.20 bits per heavy atom. The van der Waals surface area contributed by atoms with Crippen molar-refractivity contribution in [3.8, 4) is 0 Å². The first-order valence-corrected chi connectivity index (χ1v) is 9.51. The number of hydrogen-bond acceptors (Lipinski definition) is 7. The standard InChI is InChI=1S/C22H21NO7/c1-4-14-10-11-15(29-14)16-12(2)17(24)21(30-16)19(26)22(28-3,23-20(21)27)18(25)13-8-6-5-7-9-13/h5-11,19,26H,4H2,1-3H3,(H,23,27)/t19-,21-,22-/m1/s1. The Hall–Kier alpha value is -3.23. The molecule has 0 radical (unpaired) electrons. The maximum absolute atomic E-state index is 13.2. The number of amides is 1. The monoisotopic (exact) mass is 411 g/mol. The Morgan fingerprint density at radius 2 is 1.90 bits per heavy atom. The number of carbonyl (C=O) groups is 3. The van der Waals surface area contributed by atoms with Crippen molar-refractivity contribution in [3.63, 3.8) is 0 Å². The fourth-order valence-electron chi connectivity index (χ4n) is 3.90. The fraction of sp³-hybridized carbons (Fsp3) is 0.318. The van der Waals surface area contributed by atoms with Crippen LogP contribution >= 0.6 is 0 Å². The number of nitrogens with one attached hydrogen (secondary N) is 1. The lowest BCUT2D eigenvalue weighted by atomic mass is 9.85. The molecule has 1 amide bonds. The highest BCUT2D eigenvalue weighted by atomic mass is 16.6. The molecule has 156 valence electrons. The molecule has 0 aliphatic carbocycles. The Morgan fingerprint density at radius 3 is 2.50 bits per heavy atom. The van der Waals surface area contributed by atoms with Crippen molar-refractivity contribution in [2.45, 2.75) is 37.7 Å². The minimum Gasteiger partial charge on any atom is -0.462 e. The molecule has 1 spiro atoms. The number of ether oxygens (including phenoxy) is 2. The number of hydrogen-bond donors (Lipinski definition) is 2. The van der Waals surface area contributed by atoms with Crippen LogP contribution in [0.4, 0.5) is 0 Å². The maximum Gasteiger partial charge on any atom is 0.279 e. The van der Waals surface area contributed by atoms with E-state index in [1.165, 1.54) is 26.2 Å². The van der Waals surface area contributed by atoms with Crippen LogP contribution in [0, 0.1) is 0 Å². The molecule has 0 unspecified atom stereocenters. The van der Waals surface area contributed by atoms with Crippen LogP contribution in [0.2, 0.25) is 0 Å². The molecule has 1 fully saturated rings. The van der Waals surface area contributed by atoms with E-state index in [2.05, 4.69) is 5.32 Å². The van der Waals surface area contributed by atoms with Gasteiger partial charge in [0.2, 0.25) is 17.3 Å². The number of benzene rings is 1. The Labute approximate surface area is 172 Å². The van der Waals surface area contributed by atoms with Gasteiger partial charge in [-0.05, 0) is 19.1 Å². The van der Waals surface area contributed by atoms with Crippen LogP contribution in [0.1, 0.15) is 35.7 Å². The van der Waals surface area contributed by atoms with Gasteiger partial charge in [0.15, 0.2) is 17.6 Å². The summed E-state index contributed by atoms with van der Waals surface area (Å²) in [5.41, 5.74) is -4.22. The number of rotatable bonds is 5. The molecule has 2 aliphatic rings. The van der Waals surface area contributed by atoms with Crippen LogP contribution in [0.5, 0.6) is 0 Å². The van der Waals surface area contributed by atoms with Crippen molar-refractivity contribution in [1.29, 1.82) is 0 Å². The number of aliphatic hydroxyl groups excluding tert-OH is 1. The van der Waals surface area contributed by atoms with E-state index in [1.54, 1.807) is 30.3 Å². The molecular weight excluding hydrogens is 390 g/mol. The molecule has 3 atom stereocenters. The maximum atomic E-state index is 13.2. The van der Waals surface area contributed by atoms with Crippen LogP contribution < -0.4 is 5.32 Å². The minimum atomic E-state index is -2.35. The van der Waals surface area contributed by atoms with Gasteiger partial charge in [-0.1, -0.05) is 37.3 Å². The van der Waals surface area contributed by atoms with Crippen molar-refractivity contribution in [1.82, 2.24) is 5.32 Å². The second-order valence-electron chi connectivity index (χ2n) is 7.23. The molecule has 1 aromatic heterocycles. The summed E-state index contributed by atoms with van der Waals surface area (Å²) in [4.78, 5) is 39.3. The van der Waals surface area contributed by atoms with Crippen LogP contribution in [0.25, 0.3) is 5.76 Å². The number of methoxy groups -OCH3 is 1. The average molecular weight is 411 g/mol. The summed E-state index contributed by atoms with van der Waals surface area (Å²) in [6.07, 6.45) is -1.30. The highest BCUT2D eigenvalue weighted by molar-refractivity contribution is 6.25. The number of aryl methyl sites for hydroxylation is 1. The number of furan rings is 1. The predicted octanol–water partition coefficient (Wildman–Crippen LogP) is 1.63. The number of Topliss-reactive ketones (excluding diaryl/α,β-unsaturated/α-hetero) is 2. The Balaban J connectivity index is 1.76. The van der Waals surface area contributed by atoms with Crippen molar-refractivity contribution >= 4 is 23.2 Å². The number of aliphatic hydroxyl groups is 1. The molecule has 2 aliphatic heterocycles. The summed E-state index contributed by atoms with van der Waals surface area (Å²) >= 11 is 0. The van der Waals surface area contributed by atoms with E-state index in [0.717, 1.165) is 0 Å². The molecule has 1 aromatic carbocycles. The Kier molecular flexibility index (Phi) is 4.63. The van der Waals surface area contributed by atoms with E-state index in [-0.39, 0.29) is 22.7 Å². The normalized spacial score (nSPS) is 28.2. The third kappa shape index (κ3) is 2.50. The van der Waals surface area contributed by atoms with E-state index in [9.17, 15) is 19.5 Å². The molecule has 8 heteroatoms. The van der Waals surface area contributed by atoms with Gasteiger partial charge >= 0.3 is 0 Å². The van der Waals surface area contributed by atoms with Gasteiger partial charge in [0.1, 0.15) is 5.76 Å². The van der Waals surface area contributed by atoms with Crippen LogP contribution in [-0.2, 0) is 25.5 Å². The second kappa shape index (κ2) is 6.93. The Bertz CT molecular complexity index is 1070. The largest absolute Gasteiger partial charge is 0.462 e. The predicted molar refractivity (Wildman–Crippen MR) is 104 cm³/mol. The fourth-order valence-corrected chi connectivity index (χ4v) is 3.90. The molecule has 30 heavy (non-hydrogen) atoms. The second-order valence-corrected chi connectivity index (χ2v) is 7.23. The minimum absolute atomic E-state index is 0.0490. The van der Waals surface area contributed by atoms with Gasteiger partial charge in [0.05, 0.1) is 0 Å². The summed E-state index contributed by atoms with van der Waals surface area (Å²) in [5.74, 6) is -1.42. The van der Waals surface area contributed by atoms with Crippen LogP contribution in [0.15, 0.2) is 52.5 Å². The van der Waals surface area contributed by atoms with E-state index >= 15 is 0 Å². The number of carbonyl (C=O) groups excluding carboxylic acids is 3. The van der Waals surface area contributed by atoms with E-state index in [1.807, 2.05) is 6.92 Å². The van der Waals surface area contributed by atoms with E-state index < -0.39 is 34.9 Å². The third-order valence-electron chi connectivity index (χ3n) is 5.62. The van der Waals surface area contributed by atoms with E-state index in [4.69, 9.17) is 13.9 Å². The van der Waals surface area contributed by atoms with Crippen LogP contribution in [0.3, 0.4) is 0 Å². The third-order valence-corrected chi connectivity index (χ3v) is 5.62. The first kappa shape index (κ1) is 20.1. The van der Waals surface area contributed by atoms with Crippen molar-refractivity contribution in [3.05, 3.63) is 65.1 Å². The van der Waals surface area contributed by atoms with Gasteiger partial charge in [0.25, 0.3) is 11.5 Å². The molecule has 1 saturated heterocycles. The zero-order chi connectivity index (χ0) is 21.7. The molecule has 2 aromatic rings. The molecule has 4 rings (SSSR count). The van der Waals surface area contributed by atoms with Gasteiger partial charge in [-0.2, -0.15) is 0 Å². The van der Waals surface area contributed by atoms with Crippen molar-refractivity contribution in [2.24, 2.45) is 0 Å². The molecule has 3 heterocycles. The van der Waals surface area contributed by atoms with Crippen molar-refractivity contribution in [2.75, 3.05) is 7.11 Å². The summed E-state index contributed by atoms with van der Waals surface area (Å²) in [6.45, 7) is 3.38. The van der Waals surface area contributed by atoms with Gasteiger partial charge < -0.3 is 24.3 Å². The van der Waals surface area contributed by atoms with Gasteiger partial charge in [-0.25, -0.2) is 0 Å².